The van der Waals surface area contributed by atoms with E-state index in [4.69, 9.17) is 15.2 Å². The van der Waals surface area contributed by atoms with E-state index in [0.29, 0.717) is 5.92 Å². The Morgan fingerprint density at radius 2 is 1.74 bits per heavy atom. The van der Waals surface area contributed by atoms with Gasteiger partial charge in [-0.15, -0.1) is 0 Å². The van der Waals surface area contributed by atoms with Gasteiger partial charge in [-0.2, -0.15) is 0 Å². The third kappa shape index (κ3) is 3.23. The predicted octanol–water partition coefficient (Wildman–Crippen LogP) is 4.05. The molecule has 0 saturated heterocycles. The van der Waals surface area contributed by atoms with Gasteiger partial charge in [0, 0.05) is 11.6 Å². The zero-order valence-corrected chi connectivity index (χ0v) is 13.2. The molecule has 1 aromatic carbocycles. The van der Waals surface area contributed by atoms with Gasteiger partial charge >= 0.3 is 0 Å². The lowest BCUT2D eigenvalue weighted by molar-refractivity contribution is 0.300. The molecule has 0 amide bonds. The Morgan fingerprint density at radius 1 is 1.11 bits per heavy atom. The van der Waals surface area contributed by atoms with E-state index in [1.807, 2.05) is 12.1 Å². The molecule has 106 valence electrons. The molecular formula is C15H22BrNO2. The van der Waals surface area contributed by atoms with Crippen molar-refractivity contribution in [1.82, 2.24) is 0 Å². The molecule has 1 fully saturated rings. The SMILES string of the molecule is COc1cc([C@@H](N)C2CCCCC2)c(OC)cc1Br. The quantitative estimate of drug-likeness (QED) is 0.907. The van der Waals surface area contributed by atoms with Gasteiger partial charge in [-0.05, 0) is 46.8 Å². The molecular weight excluding hydrogens is 306 g/mol. The summed E-state index contributed by atoms with van der Waals surface area (Å²) >= 11 is 3.48. The van der Waals surface area contributed by atoms with E-state index >= 15 is 0 Å². The largest absolute Gasteiger partial charge is 0.496 e. The van der Waals surface area contributed by atoms with E-state index in [9.17, 15) is 0 Å². The molecule has 0 bridgehead atoms. The monoisotopic (exact) mass is 327 g/mol. The fraction of sp³-hybridized carbons (Fsp3) is 0.600. The minimum Gasteiger partial charge on any atom is -0.496 e. The predicted molar refractivity (Wildman–Crippen MR) is 80.7 cm³/mol. The van der Waals surface area contributed by atoms with Gasteiger partial charge in [-0.25, -0.2) is 0 Å². The summed E-state index contributed by atoms with van der Waals surface area (Å²) in [5, 5.41) is 0. The van der Waals surface area contributed by atoms with Gasteiger partial charge in [-0.3, -0.25) is 0 Å². The van der Waals surface area contributed by atoms with Crippen molar-refractivity contribution in [3.05, 3.63) is 22.2 Å². The van der Waals surface area contributed by atoms with Gasteiger partial charge in [0.25, 0.3) is 0 Å². The van der Waals surface area contributed by atoms with Gasteiger partial charge < -0.3 is 15.2 Å². The van der Waals surface area contributed by atoms with Crippen LogP contribution in [0, 0.1) is 5.92 Å². The lowest BCUT2D eigenvalue weighted by atomic mass is 9.81. The van der Waals surface area contributed by atoms with Gasteiger partial charge in [0.2, 0.25) is 0 Å². The highest BCUT2D eigenvalue weighted by molar-refractivity contribution is 9.10. The summed E-state index contributed by atoms with van der Waals surface area (Å²) < 4.78 is 11.7. The van der Waals surface area contributed by atoms with Gasteiger partial charge in [-0.1, -0.05) is 19.3 Å². The summed E-state index contributed by atoms with van der Waals surface area (Å²) in [5.41, 5.74) is 7.52. The van der Waals surface area contributed by atoms with Crippen molar-refractivity contribution in [2.75, 3.05) is 14.2 Å². The lowest BCUT2D eigenvalue weighted by Crippen LogP contribution is -2.24. The molecule has 0 spiro atoms. The van der Waals surface area contributed by atoms with Crippen molar-refractivity contribution in [2.24, 2.45) is 11.7 Å². The zero-order valence-electron chi connectivity index (χ0n) is 11.6. The molecule has 0 aromatic heterocycles. The summed E-state index contributed by atoms with van der Waals surface area (Å²) in [7, 11) is 3.35. The summed E-state index contributed by atoms with van der Waals surface area (Å²) in [6.45, 7) is 0. The smallest absolute Gasteiger partial charge is 0.133 e. The maximum absolute atomic E-state index is 6.47. The molecule has 19 heavy (non-hydrogen) atoms. The second-order valence-electron chi connectivity index (χ2n) is 5.15. The molecule has 1 atom stereocenters. The van der Waals surface area contributed by atoms with E-state index < -0.39 is 0 Å². The van der Waals surface area contributed by atoms with E-state index in [2.05, 4.69) is 15.9 Å². The van der Waals surface area contributed by atoms with Crippen molar-refractivity contribution in [3.63, 3.8) is 0 Å². The van der Waals surface area contributed by atoms with Crippen LogP contribution >= 0.6 is 15.9 Å². The van der Waals surface area contributed by atoms with Crippen molar-refractivity contribution in [3.8, 4) is 11.5 Å². The number of benzene rings is 1. The third-order valence-electron chi connectivity index (χ3n) is 4.02. The van der Waals surface area contributed by atoms with Gasteiger partial charge in [0.1, 0.15) is 11.5 Å². The van der Waals surface area contributed by atoms with E-state index in [1.54, 1.807) is 14.2 Å². The molecule has 3 nitrogen and oxygen atoms in total. The Kier molecular flexibility index (Phi) is 5.11. The van der Waals surface area contributed by atoms with Crippen molar-refractivity contribution < 1.29 is 9.47 Å². The molecule has 0 heterocycles. The fourth-order valence-electron chi connectivity index (χ4n) is 2.89. The van der Waals surface area contributed by atoms with E-state index in [-0.39, 0.29) is 6.04 Å². The fourth-order valence-corrected chi connectivity index (χ4v) is 3.38. The van der Waals surface area contributed by atoms with Crippen LogP contribution in [0.1, 0.15) is 43.7 Å². The van der Waals surface area contributed by atoms with Gasteiger partial charge in [0.05, 0.1) is 18.7 Å². The Morgan fingerprint density at radius 3 is 2.32 bits per heavy atom. The number of hydrogen-bond acceptors (Lipinski definition) is 3. The molecule has 1 saturated carbocycles. The average molecular weight is 328 g/mol. The Bertz CT molecular complexity index is 430. The van der Waals surface area contributed by atoms with Crippen LogP contribution in [-0.4, -0.2) is 14.2 Å². The highest BCUT2D eigenvalue weighted by atomic mass is 79.9. The van der Waals surface area contributed by atoms with Crippen LogP contribution < -0.4 is 15.2 Å². The standard InChI is InChI=1S/C15H22BrNO2/c1-18-13-9-12(16)14(19-2)8-11(13)15(17)10-6-4-3-5-7-10/h8-10,15H,3-7,17H2,1-2H3/t15-/m0/s1. The summed E-state index contributed by atoms with van der Waals surface area (Å²) in [6.07, 6.45) is 6.33. The topological polar surface area (TPSA) is 44.5 Å². The Labute approximate surface area is 123 Å². The number of hydrogen-bond donors (Lipinski definition) is 1. The van der Waals surface area contributed by atoms with Crippen molar-refractivity contribution in [1.29, 1.82) is 0 Å². The van der Waals surface area contributed by atoms with Crippen molar-refractivity contribution in [2.45, 2.75) is 38.1 Å². The average Bonchev–Trinajstić information content (AvgIpc) is 2.47. The highest BCUT2D eigenvalue weighted by Crippen LogP contribution is 2.40. The van der Waals surface area contributed by atoms with Crippen LogP contribution in [0.3, 0.4) is 0 Å². The van der Waals surface area contributed by atoms with Crippen LogP contribution in [0.15, 0.2) is 16.6 Å². The second-order valence-corrected chi connectivity index (χ2v) is 6.01. The molecule has 1 aromatic rings. The molecule has 2 rings (SSSR count). The van der Waals surface area contributed by atoms with E-state index in [0.717, 1.165) is 21.5 Å². The molecule has 0 aliphatic heterocycles. The molecule has 1 aliphatic rings. The molecule has 0 radical (unpaired) electrons. The molecule has 4 heteroatoms. The second kappa shape index (κ2) is 6.62. The van der Waals surface area contributed by atoms with E-state index in [1.165, 1.54) is 32.1 Å². The maximum Gasteiger partial charge on any atom is 0.133 e. The van der Waals surface area contributed by atoms with Crippen LogP contribution in [0.5, 0.6) is 11.5 Å². The van der Waals surface area contributed by atoms with Gasteiger partial charge in [0.15, 0.2) is 0 Å². The first-order valence-electron chi connectivity index (χ1n) is 6.84. The molecule has 1 aliphatic carbocycles. The number of nitrogens with two attached hydrogens (primary N) is 1. The third-order valence-corrected chi connectivity index (χ3v) is 4.64. The minimum atomic E-state index is 0.0252. The first-order valence-corrected chi connectivity index (χ1v) is 7.63. The van der Waals surface area contributed by atoms with Crippen LogP contribution in [0.25, 0.3) is 0 Å². The molecule has 2 N–H and O–H groups in total. The minimum absolute atomic E-state index is 0.0252. The highest BCUT2D eigenvalue weighted by Gasteiger charge is 2.25. The number of methoxy groups -OCH3 is 2. The summed E-state index contributed by atoms with van der Waals surface area (Å²) in [4.78, 5) is 0. The zero-order chi connectivity index (χ0) is 13.8. The number of ether oxygens (including phenoxy) is 2. The number of rotatable bonds is 4. The van der Waals surface area contributed by atoms with Crippen LogP contribution in [0.4, 0.5) is 0 Å². The summed E-state index contributed by atoms with van der Waals surface area (Å²) in [6, 6.07) is 3.97. The number of halogens is 1. The first-order chi connectivity index (χ1) is 9.17. The Balaban J connectivity index is 2.30. The normalized spacial score (nSPS) is 18.1. The van der Waals surface area contributed by atoms with Crippen molar-refractivity contribution >= 4 is 15.9 Å². The molecule has 0 unspecified atom stereocenters. The lowest BCUT2D eigenvalue weighted by Gasteiger charge is -2.29. The first kappa shape index (κ1) is 14.7. The Hall–Kier alpha value is -0.740. The van der Waals surface area contributed by atoms with Crippen LogP contribution in [-0.2, 0) is 0 Å². The maximum atomic E-state index is 6.47. The summed E-state index contributed by atoms with van der Waals surface area (Å²) in [5.74, 6) is 2.20. The van der Waals surface area contributed by atoms with Crippen LogP contribution in [0.2, 0.25) is 0 Å².